The minimum absolute atomic E-state index is 0.753. The van der Waals surface area contributed by atoms with Crippen LogP contribution in [0.1, 0.15) is 44.6 Å². The quantitative estimate of drug-likeness (QED) is 0.477. The lowest BCUT2D eigenvalue weighted by Gasteiger charge is -2.11. The monoisotopic (exact) mass is 261 g/mol. The van der Waals surface area contributed by atoms with Gasteiger partial charge in [0.05, 0.1) is 12.3 Å². The van der Waals surface area contributed by atoms with Crippen LogP contribution >= 0.6 is 0 Å². The van der Waals surface area contributed by atoms with Crippen molar-refractivity contribution in [2.75, 3.05) is 6.61 Å². The number of hydrogen-bond acceptors (Lipinski definition) is 3. The van der Waals surface area contributed by atoms with Gasteiger partial charge in [-0.05, 0) is 56.2 Å². The molecule has 0 spiro atoms. The maximum absolute atomic E-state index is 8.60. The van der Waals surface area contributed by atoms with Gasteiger partial charge >= 0.3 is 0 Å². The number of rotatable bonds is 6. The van der Waals surface area contributed by atoms with Crippen LogP contribution in [0.3, 0.4) is 0 Å². The van der Waals surface area contributed by atoms with Gasteiger partial charge in [0.2, 0.25) is 0 Å². The van der Waals surface area contributed by atoms with E-state index >= 15 is 0 Å². The highest BCUT2D eigenvalue weighted by atomic mass is 16.5. The van der Waals surface area contributed by atoms with Gasteiger partial charge in [0.25, 0.3) is 0 Å². The fraction of sp³-hybridized carbons (Fsp3) is 0.562. The van der Waals surface area contributed by atoms with Crippen LogP contribution in [0.15, 0.2) is 29.4 Å². The van der Waals surface area contributed by atoms with E-state index in [9.17, 15) is 0 Å². The van der Waals surface area contributed by atoms with Crippen LogP contribution in [0.2, 0.25) is 0 Å². The molecule has 0 bridgehead atoms. The number of benzene rings is 1. The van der Waals surface area contributed by atoms with E-state index in [1.165, 1.54) is 31.2 Å². The Morgan fingerprint density at radius 1 is 1.26 bits per heavy atom. The number of oxime groups is 1. The molecule has 0 atom stereocenters. The van der Waals surface area contributed by atoms with Gasteiger partial charge in [0, 0.05) is 0 Å². The second-order valence-electron chi connectivity index (χ2n) is 5.44. The average molecular weight is 261 g/mol. The van der Waals surface area contributed by atoms with Gasteiger partial charge in [-0.25, -0.2) is 0 Å². The van der Waals surface area contributed by atoms with E-state index in [1.54, 1.807) is 0 Å². The van der Waals surface area contributed by atoms with Crippen molar-refractivity contribution < 1.29 is 9.94 Å². The summed E-state index contributed by atoms with van der Waals surface area (Å²) in [7, 11) is 0. The molecule has 3 nitrogen and oxygen atoms in total. The van der Waals surface area contributed by atoms with E-state index in [4.69, 9.17) is 9.94 Å². The third-order valence-corrected chi connectivity index (χ3v) is 3.83. The minimum Gasteiger partial charge on any atom is -0.493 e. The second-order valence-corrected chi connectivity index (χ2v) is 5.44. The van der Waals surface area contributed by atoms with E-state index in [-0.39, 0.29) is 0 Å². The lowest BCUT2D eigenvalue weighted by molar-refractivity contribution is 0.252. The molecule has 1 N–H and O–H groups in total. The maximum Gasteiger partial charge on any atom is 0.119 e. The molecule has 104 valence electrons. The van der Waals surface area contributed by atoms with Gasteiger partial charge in [-0.15, -0.1) is 0 Å². The molecule has 0 aliphatic heterocycles. The van der Waals surface area contributed by atoms with E-state index in [2.05, 4.69) is 17.3 Å². The second kappa shape index (κ2) is 7.17. The molecule has 0 heterocycles. The Kier molecular flexibility index (Phi) is 5.25. The zero-order valence-electron chi connectivity index (χ0n) is 11.6. The average Bonchev–Trinajstić information content (AvgIpc) is 2.97. The third-order valence-electron chi connectivity index (χ3n) is 3.83. The van der Waals surface area contributed by atoms with Gasteiger partial charge in [-0.3, -0.25) is 0 Å². The van der Waals surface area contributed by atoms with E-state index < -0.39 is 0 Å². The molecule has 2 rings (SSSR count). The molecule has 19 heavy (non-hydrogen) atoms. The highest BCUT2D eigenvalue weighted by Gasteiger charge is 2.15. The molecule has 0 radical (unpaired) electrons. The Balaban J connectivity index is 1.77. The van der Waals surface area contributed by atoms with Crippen molar-refractivity contribution in [3.8, 4) is 5.75 Å². The highest BCUT2D eigenvalue weighted by Crippen LogP contribution is 2.25. The van der Waals surface area contributed by atoms with Crippen LogP contribution in [0, 0.1) is 5.92 Å². The molecule has 1 saturated carbocycles. The van der Waals surface area contributed by atoms with Crippen molar-refractivity contribution in [1.29, 1.82) is 0 Å². The summed E-state index contributed by atoms with van der Waals surface area (Å²) in [5, 5.41) is 11.8. The van der Waals surface area contributed by atoms with Crippen molar-refractivity contribution in [3.63, 3.8) is 0 Å². The Bertz CT molecular complexity index is 405. The van der Waals surface area contributed by atoms with Crippen molar-refractivity contribution in [3.05, 3.63) is 29.8 Å². The molecule has 0 saturated heterocycles. The molecule has 1 fully saturated rings. The van der Waals surface area contributed by atoms with Crippen LogP contribution < -0.4 is 4.74 Å². The van der Waals surface area contributed by atoms with Gasteiger partial charge in [0.15, 0.2) is 0 Å². The smallest absolute Gasteiger partial charge is 0.119 e. The summed E-state index contributed by atoms with van der Waals surface area (Å²) in [5.74, 6) is 1.71. The normalized spacial score (nSPS) is 16.8. The van der Waals surface area contributed by atoms with Crippen molar-refractivity contribution in [2.24, 2.45) is 11.1 Å². The lowest BCUT2D eigenvalue weighted by Crippen LogP contribution is -2.07. The largest absolute Gasteiger partial charge is 0.493 e. The van der Waals surface area contributed by atoms with Crippen LogP contribution in [0.4, 0.5) is 0 Å². The number of hydrogen-bond donors (Lipinski definition) is 1. The lowest BCUT2D eigenvalue weighted by atomic mass is 10.1. The van der Waals surface area contributed by atoms with Crippen LogP contribution in [-0.4, -0.2) is 17.5 Å². The van der Waals surface area contributed by atoms with Gasteiger partial charge in [-0.1, -0.05) is 30.1 Å². The summed E-state index contributed by atoms with van der Waals surface area (Å²) in [5.41, 5.74) is 2.01. The first-order valence-corrected chi connectivity index (χ1v) is 7.17. The Hall–Kier alpha value is -1.51. The summed E-state index contributed by atoms with van der Waals surface area (Å²) in [6, 6.07) is 8.26. The SMILES string of the molecule is C/C(CCc1ccc(OCC2CCCC2)cc1)=N\O. The molecule has 0 unspecified atom stereocenters. The molecule has 1 aliphatic carbocycles. The maximum atomic E-state index is 8.60. The molecule has 1 aromatic rings. The minimum atomic E-state index is 0.753. The first-order chi connectivity index (χ1) is 9.28. The Morgan fingerprint density at radius 2 is 1.95 bits per heavy atom. The van der Waals surface area contributed by atoms with E-state index in [1.807, 2.05) is 19.1 Å². The number of nitrogens with zero attached hydrogens (tertiary/aromatic N) is 1. The predicted molar refractivity (Wildman–Crippen MR) is 77.1 cm³/mol. The van der Waals surface area contributed by atoms with E-state index in [0.717, 1.165) is 36.8 Å². The zero-order chi connectivity index (χ0) is 13.5. The molecule has 0 amide bonds. The molecular weight excluding hydrogens is 238 g/mol. The van der Waals surface area contributed by atoms with Gasteiger partial charge < -0.3 is 9.94 Å². The third kappa shape index (κ3) is 4.58. The Morgan fingerprint density at radius 3 is 2.58 bits per heavy atom. The zero-order valence-corrected chi connectivity index (χ0v) is 11.6. The molecule has 1 aromatic carbocycles. The fourth-order valence-electron chi connectivity index (χ4n) is 2.52. The molecule has 0 aromatic heterocycles. The molecular formula is C16H23NO2. The van der Waals surface area contributed by atoms with Crippen LogP contribution in [-0.2, 0) is 6.42 Å². The van der Waals surface area contributed by atoms with Crippen LogP contribution in [0.25, 0.3) is 0 Å². The topological polar surface area (TPSA) is 41.8 Å². The summed E-state index contributed by atoms with van der Waals surface area (Å²) in [4.78, 5) is 0. The molecule has 3 heteroatoms. The van der Waals surface area contributed by atoms with Crippen molar-refractivity contribution >= 4 is 5.71 Å². The predicted octanol–water partition coefficient (Wildman–Crippen LogP) is 4.04. The van der Waals surface area contributed by atoms with Crippen LogP contribution in [0.5, 0.6) is 5.75 Å². The summed E-state index contributed by atoms with van der Waals surface area (Å²) >= 11 is 0. The van der Waals surface area contributed by atoms with Gasteiger partial charge in [-0.2, -0.15) is 0 Å². The number of aryl methyl sites for hydroxylation is 1. The summed E-state index contributed by atoms with van der Waals surface area (Å²) in [6.45, 7) is 2.69. The fourth-order valence-corrected chi connectivity index (χ4v) is 2.52. The first kappa shape index (κ1) is 13.9. The van der Waals surface area contributed by atoms with Crippen molar-refractivity contribution in [2.45, 2.75) is 45.4 Å². The Labute approximate surface area is 115 Å². The summed E-state index contributed by atoms with van der Waals surface area (Å²) in [6.07, 6.45) is 7.05. The highest BCUT2D eigenvalue weighted by molar-refractivity contribution is 5.81. The standard InChI is InChI=1S/C16H23NO2/c1-13(17-18)6-7-14-8-10-16(11-9-14)19-12-15-4-2-3-5-15/h8-11,15,18H,2-7,12H2,1H3/b17-13+. The first-order valence-electron chi connectivity index (χ1n) is 7.17. The molecule has 1 aliphatic rings. The van der Waals surface area contributed by atoms with E-state index in [0.29, 0.717) is 0 Å². The number of ether oxygens (including phenoxy) is 1. The summed E-state index contributed by atoms with van der Waals surface area (Å²) < 4.78 is 5.83. The van der Waals surface area contributed by atoms with Crippen molar-refractivity contribution in [1.82, 2.24) is 0 Å². The van der Waals surface area contributed by atoms with Gasteiger partial charge in [0.1, 0.15) is 5.75 Å².